The fourth-order valence-corrected chi connectivity index (χ4v) is 2.22. The number of hydrogen-bond acceptors (Lipinski definition) is 4. The Balaban J connectivity index is 2.34. The van der Waals surface area contributed by atoms with Gasteiger partial charge < -0.3 is 10.8 Å². The molecule has 3 N–H and O–H groups in total. The number of aromatic nitrogens is 1. The quantitative estimate of drug-likeness (QED) is 0.848. The largest absolute Gasteiger partial charge is 0.384 e. The molecule has 5 heteroatoms. The van der Waals surface area contributed by atoms with Gasteiger partial charge in [-0.1, -0.05) is 23.7 Å². The highest BCUT2D eigenvalue weighted by Gasteiger charge is 2.14. The van der Waals surface area contributed by atoms with Crippen LogP contribution in [-0.2, 0) is 0 Å². The number of thioether (sulfide) groups is 1. The fraction of sp³-hybridized carbons (Fsp3) is 0.154. The average Bonchev–Trinajstić information content (AvgIpc) is 2.41. The number of hydrogen-bond donors (Lipinski definition) is 2. The number of nitrogens with zero attached hydrogens (tertiary/aromatic N) is 1. The highest BCUT2D eigenvalue weighted by atomic mass is 35.5. The van der Waals surface area contributed by atoms with Crippen molar-refractivity contribution in [3.05, 3.63) is 52.7 Å². The molecule has 0 aliphatic heterocycles. The van der Waals surface area contributed by atoms with Crippen LogP contribution in [0, 0.1) is 0 Å². The van der Waals surface area contributed by atoms with Gasteiger partial charge in [0.15, 0.2) is 0 Å². The minimum absolute atomic E-state index is 0.292. The number of nitrogen functional groups attached to an aromatic ring is 1. The molecule has 1 unspecified atom stereocenters. The number of nitrogens with two attached hydrogens (primary N) is 1. The summed E-state index contributed by atoms with van der Waals surface area (Å²) in [6.45, 7) is 0. The van der Waals surface area contributed by atoms with E-state index >= 15 is 0 Å². The first-order valence-corrected chi connectivity index (χ1v) is 6.95. The predicted octanol–water partition coefficient (Wildman–Crippen LogP) is 3.12. The van der Waals surface area contributed by atoms with Crippen LogP contribution in [0.2, 0.25) is 5.02 Å². The van der Waals surface area contributed by atoms with Gasteiger partial charge in [-0.25, -0.2) is 4.98 Å². The van der Waals surface area contributed by atoms with Crippen molar-refractivity contribution < 1.29 is 5.11 Å². The Morgan fingerprint density at radius 1 is 1.33 bits per heavy atom. The van der Waals surface area contributed by atoms with Gasteiger partial charge in [-0.2, -0.15) is 0 Å². The molecule has 0 bridgehead atoms. The molecule has 0 fully saturated rings. The summed E-state index contributed by atoms with van der Waals surface area (Å²) in [7, 11) is 0. The average molecular weight is 281 g/mol. The van der Waals surface area contributed by atoms with Crippen molar-refractivity contribution in [1.29, 1.82) is 0 Å². The number of rotatable bonds is 3. The van der Waals surface area contributed by atoms with Gasteiger partial charge in [0.1, 0.15) is 11.9 Å². The van der Waals surface area contributed by atoms with Gasteiger partial charge in [0.25, 0.3) is 0 Å². The summed E-state index contributed by atoms with van der Waals surface area (Å²) in [4.78, 5) is 5.08. The molecule has 0 amide bonds. The summed E-state index contributed by atoms with van der Waals surface area (Å²) >= 11 is 7.51. The van der Waals surface area contributed by atoms with Gasteiger partial charge in [0.05, 0.1) is 5.02 Å². The molecule has 3 nitrogen and oxygen atoms in total. The topological polar surface area (TPSA) is 59.1 Å². The van der Waals surface area contributed by atoms with Crippen LogP contribution in [0.3, 0.4) is 0 Å². The molecule has 1 aromatic heterocycles. The number of anilines is 1. The molecule has 1 heterocycles. The van der Waals surface area contributed by atoms with Crippen LogP contribution in [0.15, 0.2) is 41.4 Å². The fourth-order valence-electron chi connectivity index (χ4n) is 1.65. The summed E-state index contributed by atoms with van der Waals surface area (Å²) in [5.74, 6) is 0.292. The third kappa shape index (κ3) is 2.77. The first kappa shape index (κ1) is 13.2. The number of halogens is 1. The van der Waals surface area contributed by atoms with Gasteiger partial charge in [-0.3, -0.25) is 0 Å². The van der Waals surface area contributed by atoms with E-state index < -0.39 is 6.10 Å². The minimum Gasteiger partial charge on any atom is -0.384 e. The second-order valence-corrected chi connectivity index (χ2v) is 5.12. The Hall–Kier alpha value is -1.23. The molecule has 0 saturated heterocycles. The van der Waals surface area contributed by atoms with E-state index in [9.17, 15) is 5.11 Å². The zero-order chi connectivity index (χ0) is 13.1. The van der Waals surface area contributed by atoms with Crippen molar-refractivity contribution in [3.8, 4) is 0 Å². The second-order valence-electron chi connectivity index (χ2n) is 3.80. The van der Waals surface area contributed by atoms with E-state index in [-0.39, 0.29) is 0 Å². The van der Waals surface area contributed by atoms with E-state index in [0.717, 1.165) is 10.5 Å². The first-order chi connectivity index (χ1) is 8.61. The monoisotopic (exact) mass is 280 g/mol. The smallest absolute Gasteiger partial charge is 0.129 e. The molecule has 0 aliphatic carbocycles. The van der Waals surface area contributed by atoms with Crippen LogP contribution in [-0.4, -0.2) is 16.3 Å². The summed E-state index contributed by atoms with van der Waals surface area (Å²) in [6, 6.07) is 9.29. The van der Waals surface area contributed by atoms with Crippen LogP contribution in [0.4, 0.5) is 5.82 Å². The normalized spacial score (nSPS) is 12.4. The molecule has 2 aromatic rings. The molecule has 94 valence electrons. The summed E-state index contributed by atoms with van der Waals surface area (Å²) < 4.78 is 0. The number of pyridine rings is 1. The first-order valence-electron chi connectivity index (χ1n) is 5.34. The number of benzene rings is 1. The Bertz CT molecular complexity index is 545. The SMILES string of the molecule is CSc1ccc(C(O)c2cc(Cl)cnc2N)cc1. The standard InChI is InChI=1S/C13H13ClN2OS/c1-18-10-4-2-8(3-5-10)12(17)11-6-9(14)7-16-13(11)15/h2-7,12,17H,1H3,(H2,15,16). The third-order valence-corrected chi connectivity index (χ3v) is 3.59. The highest BCUT2D eigenvalue weighted by molar-refractivity contribution is 7.98. The molecule has 0 aliphatic rings. The molecule has 0 radical (unpaired) electrons. The van der Waals surface area contributed by atoms with Crippen LogP contribution < -0.4 is 5.73 Å². The molecule has 18 heavy (non-hydrogen) atoms. The van der Waals surface area contributed by atoms with Crippen molar-refractivity contribution in [3.63, 3.8) is 0 Å². The summed E-state index contributed by atoms with van der Waals surface area (Å²) in [5, 5.41) is 10.7. The van der Waals surface area contributed by atoms with Crippen molar-refractivity contribution in [2.75, 3.05) is 12.0 Å². The maximum Gasteiger partial charge on any atom is 0.129 e. The summed E-state index contributed by atoms with van der Waals surface area (Å²) in [5.41, 5.74) is 7.04. The zero-order valence-corrected chi connectivity index (χ0v) is 11.4. The van der Waals surface area contributed by atoms with Crippen LogP contribution in [0.5, 0.6) is 0 Å². The molecule has 1 atom stereocenters. The maximum absolute atomic E-state index is 10.3. The lowest BCUT2D eigenvalue weighted by atomic mass is 10.0. The van der Waals surface area contributed by atoms with Crippen molar-refractivity contribution >= 4 is 29.2 Å². The number of aliphatic hydroxyl groups is 1. The van der Waals surface area contributed by atoms with Crippen molar-refractivity contribution in [2.45, 2.75) is 11.0 Å². The predicted molar refractivity (Wildman–Crippen MR) is 75.9 cm³/mol. The van der Waals surface area contributed by atoms with Crippen LogP contribution in [0.1, 0.15) is 17.2 Å². The van der Waals surface area contributed by atoms with E-state index in [1.165, 1.54) is 6.20 Å². The highest BCUT2D eigenvalue weighted by Crippen LogP contribution is 2.28. The molecule has 0 spiro atoms. The molecular formula is C13H13ClN2OS. The van der Waals surface area contributed by atoms with Gasteiger partial charge in [-0.15, -0.1) is 11.8 Å². The van der Waals surface area contributed by atoms with Gasteiger partial charge in [0, 0.05) is 16.7 Å². The lowest BCUT2D eigenvalue weighted by molar-refractivity contribution is 0.220. The van der Waals surface area contributed by atoms with E-state index in [1.54, 1.807) is 17.8 Å². The van der Waals surface area contributed by atoms with E-state index in [1.807, 2.05) is 30.5 Å². The van der Waals surface area contributed by atoms with Gasteiger partial charge in [0.2, 0.25) is 0 Å². The van der Waals surface area contributed by atoms with E-state index in [4.69, 9.17) is 17.3 Å². The Morgan fingerprint density at radius 3 is 2.61 bits per heavy atom. The van der Waals surface area contributed by atoms with E-state index in [2.05, 4.69) is 4.98 Å². The third-order valence-electron chi connectivity index (χ3n) is 2.64. The van der Waals surface area contributed by atoms with Crippen molar-refractivity contribution in [1.82, 2.24) is 4.98 Å². The van der Waals surface area contributed by atoms with Gasteiger partial charge in [-0.05, 0) is 30.0 Å². The zero-order valence-electron chi connectivity index (χ0n) is 9.80. The lowest BCUT2D eigenvalue weighted by Gasteiger charge is -2.13. The van der Waals surface area contributed by atoms with Crippen LogP contribution in [0.25, 0.3) is 0 Å². The molecule has 2 rings (SSSR count). The Morgan fingerprint density at radius 2 is 2.00 bits per heavy atom. The van der Waals surface area contributed by atoms with E-state index in [0.29, 0.717) is 16.4 Å². The lowest BCUT2D eigenvalue weighted by Crippen LogP contribution is -2.05. The van der Waals surface area contributed by atoms with Crippen molar-refractivity contribution in [2.24, 2.45) is 0 Å². The Labute approximate surface area is 115 Å². The second kappa shape index (κ2) is 5.61. The summed E-state index contributed by atoms with van der Waals surface area (Å²) in [6.07, 6.45) is 2.65. The Kier molecular flexibility index (Phi) is 4.11. The molecular weight excluding hydrogens is 268 g/mol. The number of aliphatic hydroxyl groups excluding tert-OH is 1. The molecule has 1 aromatic carbocycles. The minimum atomic E-state index is -0.813. The van der Waals surface area contributed by atoms with Gasteiger partial charge >= 0.3 is 0 Å². The molecule has 0 saturated carbocycles. The van der Waals surface area contributed by atoms with Crippen LogP contribution >= 0.6 is 23.4 Å². The maximum atomic E-state index is 10.3.